The van der Waals surface area contributed by atoms with Gasteiger partial charge < -0.3 is 20.4 Å². The van der Waals surface area contributed by atoms with Crippen LogP contribution in [-0.2, 0) is 0 Å². The van der Waals surface area contributed by atoms with Crippen molar-refractivity contribution in [3.05, 3.63) is 175 Å². The Morgan fingerprint density at radius 1 is 0.609 bits per heavy atom. The third-order valence-corrected chi connectivity index (χ3v) is 8.71. The molecule has 0 radical (unpaired) electrons. The van der Waals surface area contributed by atoms with Gasteiger partial charge >= 0.3 is 0 Å². The predicted octanol–water partition coefficient (Wildman–Crippen LogP) is 9.27. The molecule has 3 unspecified atom stereocenters. The van der Waals surface area contributed by atoms with Crippen LogP contribution in [-0.4, -0.2) is 17.7 Å². The van der Waals surface area contributed by atoms with Crippen LogP contribution in [0, 0.1) is 0 Å². The second kappa shape index (κ2) is 12.3. The Bertz CT molecular complexity index is 1890. The lowest BCUT2D eigenvalue weighted by molar-refractivity contribution is 0.547. The molecular weight excluding hydrogens is 564 g/mol. The molecule has 0 fully saturated rings. The maximum Gasteiger partial charge on any atom is 0.147 e. The highest BCUT2D eigenvalue weighted by Crippen LogP contribution is 2.45. The van der Waals surface area contributed by atoms with Gasteiger partial charge in [0.15, 0.2) is 0 Å². The molecule has 1 aromatic heterocycles. The maximum atomic E-state index is 4.97. The van der Waals surface area contributed by atoms with E-state index >= 15 is 0 Å². The molecule has 3 atom stereocenters. The molecule has 2 aliphatic rings. The van der Waals surface area contributed by atoms with Gasteiger partial charge in [0.05, 0.1) is 29.2 Å². The summed E-state index contributed by atoms with van der Waals surface area (Å²) >= 11 is 0. The van der Waals surface area contributed by atoms with Gasteiger partial charge in [-0.15, -0.1) is 0 Å². The van der Waals surface area contributed by atoms with Gasteiger partial charge in [-0.25, -0.2) is 0 Å². The van der Waals surface area contributed by atoms with E-state index < -0.39 is 0 Å². The van der Waals surface area contributed by atoms with E-state index in [4.69, 9.17) is 9.98 Å². The lowest BCUT2D eigenvalue weighted by Gasteiger charge is -2.28. The minimum atomic E-state index is -0.0890. The van der Waals surface area contributed by atoms with Gasteiger partial charge in [-0.3, -0.25) is 9.98 Å². The normalized spacial score (nSPS) is 18.5. The second-order valence-corrected chi connectivity index (χ2v) is 11.6. The molecule has 46 heavy (non-hydrogen) atoms. The number of nitrogens with one attached hydrogen (secondary N) is 2. The summed E-state index contributed by atoms with van der Waals surface area (Å²) in [5.41, 5.74) is 10.0. The molecule has 6 heteroatoms. The standard InChI is InChI=1S/C40H34N6/c1-4-12-31(13-5-1)45(32-14-6-2-7-15-32)34-23-20-29(21-24-34)37-27-43-38(28-42-37)30-22-25-36(41-26-30)40-44-35-18-10-11-19-39(35)46(40)33-16-8-3-9-17-33/h1-27,37-38,40,42,44H,28H2. The van der Waals surface area contributed by atoms with Gasteiger partial charge in [-0.1, -0.05) is 84.9 Å². The number of aliphatic imine (C=N–C) groups is 1. The van der Waals surface area contributed by atoms with Crippen molar-refractivity contribution in [1.82, 2.24) is 10.3 Å². The van der Waals surface area contributed by atoms with Crippen LogP contribution < -0.4 is 20.4 Å². The molecule has 0 aliphatic carbocycles. The van der Waals surface area contributed by atoms with Gasteiger partial charge in [-0.2, -0.15) is 0 Å². The SMILES string of the molecule is C1=NC(c2ccc(C3Nc4ccccc4N3c3ccccc3)nc2)CNC1c1ccc(N(c2ccccc2)c2ccccc2)cc1. The van der Waals surface area contributed by atoms with Gasteiger partial charge in [0, 0.05) is 41.7 Å². The summed E-state index contributed by atoms with van der Waals surface area (Å²) in [6.07, 6.45) is 3.92. The molecule has 0 bridgehead atoms. The highest BCUT2D eigenvalue weighted by atomic mass is 15.3. The molecule has 2 aliphatic heterocycles. The van der Waals surface area contributed by atoms with Gasteiger partial charge in [0.2, 0.25) is 0 Å². The number of benzene rings is 5. The van der Waals surface area contributed by atoms with Crippen LogP contribution in [0.5, 0.6) is 0 Å². The first-order chi connectivity index (χ1) is 22.8. The fourth-order valence-electron chi connectivity index (χ4n) is 6.39. The molecule has 0 saturated heterocycles. The van der Waals surface area contributed by atoms with Crippen molar-refractivity contribution >= 4 is 40.3 Å². The van der Waals surface area contributed by atoms with Crippen molar-refractivity contribution in [2.24, 2.45) is 4.99 Å². The fourth-order valence-corrected chi connectivity index (χ4v) is 6.39. The number of fused-ring (bicyclic) bond motifs is 1. The highest BCUT2D eigenvalue weighted by molar-refractivity contribution is 5.83. The Morgan fingerprint density at radius 3 is 1.85 bits per heavy atom. The maximum absolute atomic E-state index is 4.97. The molecule has 0 saturated carbocycles. The Hall–Kier alpha value is -5.72. The highest BCUT2D eigenvalue weighted by Gasteiger charge is 2.32. The topological polar surface area (TPSA) is 55.8 Å². The number of nitrogens with zero attached hydrogens (tertiary/aromatic N) is 4. The van der Waals surface area contributed by atoms with Crippen LogP contribution in [0.1, 0.15) is 35.1 Å². The van der Waals surface area contributed by atoms with Crippen LogP contribution >= 0.6 is 0 Å². The van der Waals surface area contributed by atoms with Crippen LogP contribution in [0.3, 0.4) is 0 Å². The third kappa shape index (κ3) is 5.40. The molecule has 6 nitrogen and oxygen atoms in total. The molecule has 5 aromatic carbocycles. The van der Waals surface area contributed by atoms with Crippen molar-refractivity contribution < 1.29 is 0 Å². The zero-order chi connectivity index (χ0) is 30.7. The van der Waals surface area contributed by atoms with E-state index in [0.29, 0.717) is 0 Å². The average molecular weight is 599 g/mol. The number of hydrogen-bond acceptors (Lipinski definition) is 6. The first kappa shape index (κ1) is 27.8. The number of aromatic nitrogens is 1. The van der Waals surface area contributed by atoms with E-state index in [9.17, 15) is 0 Å². The van der Waals surface area contributed by atoms with Crippen LogP contribution in [0.15, 0.2) is 163 Å². The van der Waals surface area contributed by atoms with E-state index in [0.717, 1.165) is 51.9 Å². The van der Waals surface area contributed by atoms with Crippen molar-refractivity contribution in [1.29, 1.82) is 0 Å². The minimum Gasteiger partial charge on any atom is -0.358 e. The van der Waals surface area contributed by atoms with E-state index in [2.05, 4.69) is 154 Å². The second-order valence-electron chi connectivity index (χ2n) is 11.6. The number of pyridine rings is 1. The molecule has 6 aromatic rings. The summed E-state index contributed by atoms with van der Waals surface area (Å²) in [5, 5.41) is 7.36. The van der Waals surface area contributed by atoms with Gasteiger partial charge in [-0.05, 0) is 77.9 Å². The first-order valence-corrected chi connectivity index (χ1v) is 15.7. The number of para-hydroxylation sites is 5. The van der Waals surface area contributed by atoms with E-state index in [-0.39, 0.29) is 18.2 Å². The van der Waals surface area contributed by atoms with Crippen molar-refractivity contribution in [3.8, 4) is 0 Å². The Morgan fingerprint density at radius 2 is 1.22 bits per heavy atom. The van der Waals surface area contributed by atoms with E-state index in [1.165, 1.54) is 5.56 Å². The molecule has 224 valence electrons. The van der Waals surface area contributed by atoms with Crippen LogP contribution in [0.25, 0.3) is 0 Å². The summed E-state index contributed by atoms with van der Waals surface area (Å²) in [6, 6.07) is 53.0. The van der Waals surface area contributed by atoms with E-state index in [1.54, 1.807) is 0 Å². The van der Waals surface area contributed by atoms with Crippen molar-refractivity contribution in [2.75, 3.05) is 21.7 Å². The fraction of sp³-hybridized carbons (Fsp3) is 0.100. The lowest BCUT2D eigenvalue weighted by Crippen LogP contribution is -2.31. The Labute approximate surface area is 269 Å². The lowest BCUT2D eigenvalue weighted by atomic mass is 10.0. The largest absolute Gasteiger partial charge is 0.358 e. The average Bonchev–Trinajstić information content (AvgIpc) is 3.53. The van der Waals surface area contributed by atoms with Crippen LogP contribution in [0.4, 0.5) is 34.1 Å². The Kier molecular flexibility index (Phi) is 7.46. The predicted molar refractivity (Wildman–Crippen MR) is 189 cm³/mol. The molecule has 8 rings (SSSR count). The number of hydrogen-bond donors (Lipinski definition) is 2. The zero-order valence-corrected chi connectivity index (χ0v) is 25.3. The first-order valence-electron chi connectivity index (χ1n) is 15.7. The third-order valence-electron chi connectivity index (χ3n) is 8.71. The van der Waals surface area contributed by atoms with Crippen LogP contribution in [0.2, 0.25) is 0 Å². The minimum absolute atomic E-state index is 0.0164. The number of anilines is 6. The Balaban J connectivity index is 0.981. The molecule has 3 heterocycles. The zero-order valence-electron chi connectivity index (χ0n) is 25.3. The molecule has 2 N–H and O–H groups in total. The molecular formula is C40H34N6. The summed E-state index contributed by atoms with van der Waals surface area (Å²) in [6.45, 7) is 0.743. The summed E-state index contributed by atoms with van der Waals surface area (Å²) in [4.78, 5) is 14.5. The summed E-state index contributed by atoms with van der Waals surface area (Å²) in [5.74, 6) is 0. The number of rotatable bonds is 7. The molecule has 0 spiro atoms. The van der Waals surface area contributed by atoms with E-state index in [1.807, 2.05) is 30.6 Å². The summed E-state index contributed by atoms with van der Waals surface area (Å²) < 4.78 is 0. The smallest absolute Gasteiger partial charge is 0.147 e. The van der Waals surface area contributed by atoms with Crippen molar-refractivity contribution in [3.63, 3.8) is 0 Å². The summed E-state index contributed by atoms with van der Waals surface area (Å²) in [7, 11) is 0. The van der Waals surface area contributed by atoms with Crippen molar-refractivity contribution in [2.45, 2.75) is 18.2 Å². The monoisotopic (exact) mass is 598 g/mol. The van der Waals surface area contributed by atoms with Gasteiger partial charge in [0.25, 0.3) is 0 Å². The van der Waals surface area contributed by atoms with Gasteiger partial charge in [0.1, 0.15) is 6.17 Å². The quantitative estimate of drug-likeness (QED) is 0.192. The molecule has 0 amide bonds.